The molecule has 10 heteroatoms. The van der Waals surface area contributed by atoms with Gasteiger partial charge in [-0.25, -0.2) is 0 Å². The van der Waals surface area contributed by atoms with Crippen molar-refractivity contribution in [1.82, 2.24) is 17.9 Å². The zero-order valence-corrected chi connectivity index (χ0v) is 16.4. The Kier molecular flexibility index (Phi) is 7.34. The van der Waals surface area contributed by atoms with E-state index in [1.807, 2.05) is 46.0 Å². The van der Waals surface area contributed by atoms with Crippen LogP contribution in [0.2, 0.25) is 0 Å². The van der Waals surface area contributed by atoms with Crippen molar-refractivity contribution < 1.29 is 0 Å². The van der Waals surface area contributed by atoms with Crippen LogP contribution in [-0.4, -0.2) is 17.9 Å². The summed E-state index contributed by atoms with van der Waals surface area (Å²) < 4.78 is 4.01. The summed E-state index contributed by atoms with van der Waals surface area (Å²) >= 11 is 2.69. The quantitative estimate of drug-likeness (QED) is 0.698. The van der Waals surface area contributed by atoms with Crippen LogP contribution in [-0.2, 0) is 13.1 Å². The lowest BCUT2D eigenvalue weighted by atomic mass is 10.1. The average Bonchev–Trinajstić information content (AvgIpc) is 3.09. The maximum atomic E-state index is 7.74. The first kappa shape index (κ1) is 20.6. The van der Waals surface area contributed by atoms with E-state index in [4.69, 9.17) is 10.8 Å². The van der Waals surface area contributed by atoms with Crippen molar-refractivity contribution in [1.29, 1.82) is 10.8 Å². The van der Waals surface area contributed by atoms with Gasteiger partial charge in [0.15, 0.2) is 11.6 Å². The molecule has 0 saturated heterocycles. The molecule has 24 heavy (non-hydrogen) atoms. The smallest absolute Gasteiger partial charge is 0.219 e. The molecule has 0 saturated carbocycles. The van der Waals surface area contributed by atoms with Crippen LogP contribution in [0, 0.1) is 10.8 Å². The third-order valence-electron chi connectivity index (χ3n) is 3.23. The van der Waals surface area contributed by atoms with Crippen molar-refractivity contribution in [2.75, 3.05) is 0 Å². The molecule has 0 amide bonds. The monoisotopic (exact) mass is 404 g/mol. The Balaban J connectivity index is 0.00000144. The molecule has 130 valence electrons. The molecule has 0 aliphatic heterocycles. The Bertz CT molecular complexity index is 852. The van der Waals surface area contributed by atoms with Gasteiger partial charge in [0.25, 0.3) is 0 Å². The van der Waals surface area contributed by atoms with Crippen LogP contribution in [0.15, 0.2) is 24.3 Å². The number of nitrogens with zero attached hydrogens (tertiary/aromatic N) is 4. The maximum absolute atomic E-state index is 7.74. The number of nitrogens with one attached hydrogen (secondary N) is 2. The number of halogens is 2. The number of aromatic nitrogens is 4. The molecule has 1 aromatic carbocycles. The second-order valence-corrected chi connectivity index (χ2v) is 6.65. The zero-order chi connectivity index (χ0) is 15.7. The van der Waals surface area contributed by atoms with Crippen LogP contribution in [0.25, 0.3) is 22.8 Å². The van der Waals surface area contributed by atoms with Crippen LogP contribution in [0.3, 0.4) is 0 Å². The highest BCUT2D eigenvalue weighted by molar-refractivity contribution is 7.03. The lowest BCUT2D eigenvalue weighted by Gasteiger charge is -2.07. The van der Waals surface area contributed by atoms with Crippen LogP contribution < -0.4 is 9.60 Å². The summed E-state index contributed by atoms with van der Waals surface area (Å²) in [4.78, 5) is 9.27. The predicted octanol–water partition coefficient (Wildman–Crippen LogP) is 3.38. The average molecular weight is 405 g/mol. The van der Waals surface area contributed by atoms with Gasteiger partial charge in [0, 0.05) is 24.2 Å². The van der Waals surface area contributed by atoms with E-state index in [2.05, 4.69) is 9.97 Å². The summed E-state index contributed by atoms with van der Waals surface area (Å²) in [7, 11) is 0. The Labute approximate surface area is 160 Å². The van der Waals surface area contributed by atoms with E-state index < -0.39 is 0 Å². The summed E-state index contributed by atoms with van der Waals surface area (Å²) in [6.07, 6.45) is 0. The summed E-state index contributed by atoms with van der Waals surface area (Å²) in [5, 5.41) is 15.5. The van der Waals surface area contributed by atoms with Crippen molar-refractivity contribution in [3.8, 4) is 22.8 Å². The minimum absolute atomic E-state index is 0. The Morgan fingerprint density at radius 3 is 1.67 bits per heavy atom. The van der Waals surface area contributed by atoms with Crippen molar-refractivity contribution in [3.63, 3.8) is 0 Å². The van der Waals surface area contributed by atoms with Crippen molar-refractivity contribution in [2.45, 2.75) is 26.9 Å². The van der Waals surface area contributed by atoms with Gasteiger partial charge in [0.2, 0.25) is 9.60 Å². The van der Waals surface area contributed by atoms with Crippen molar-refractivity contribution >= 4 is 47.9 Å². The summed E-state index contributed by atoms with van der Waals surface area (Å²) in [6.45, 7) is 5.67. The van der Waals surface area contributed by atoms with Gasteiger partial charge in [-0.1, -0.05) is 18.2 Å². The number of rotatable bonds is 4. The molecule has 0 spiro atoms. The van der Waals surface area contributed by atoms with E-state index in [9.17, 15) is 0 Å². The molecule has 0 radical (unpaired) electrons. The first-order valence-corrected chi connectivity index (χ1v) is 8.53. The van der Waals surface area contributed by atoms with Gasteiger partial charge in [-0.2, -0.15) is 9.97 Å². The number of aryl methyl sites for hydroxylation is 2. The zero-order valence-electron chi connectivity index (χ0n) is 13.1. The summed E-state index contributed by atoms with van der Waals surface area (Å²) in [6, 6.07) is 7.99. The van der Waals surface area contributed by atoms with Gasteiger partial charge >= 0.3 is 0 Å². The van der Waals surface area contributed by atoms with E-state index in [0.717, 1.165) is 35.9 Å². The van der Waals surface area contributed by atoms with Gasteiger partial charge < -0.3 is 0 Å². The molecular weight excluding hydrogens is 387 g/mol. The maximum Gasteiger partial charge on any atom is 0.219 e. The Morgan fingerprint density at radius 1 is 0.875 bits per heavy atom. The topological polar surface area (TPSA) is 83.3 Å². The highest BCUT2D eigenvalue weighted by Crippen LogP contribution is 2.25. The van der Waals surface area contributed by atoms with E-state index in [-0.39, 0.29) is 24.8 Å². The first-order chi connectivity index (χ1) is 10.6. The van der Waals surface area contributed by atoms with Gasteiger partial charge in [-0.3, -0.25) is 18.7 Å². The molecule has 0 atom stereocenters. The van der Waals surface area contributed by atoms with Crippen LogP contribution in [0.5, 0.6) is 0 Å². The van der Waals surface area contributed by atoms with Gasteiger partial charge in [-0.15, -0.1) is 24.8 Å². The molecule has 6 nitrogen and oxygen atoms in total. The lowest BCUT2D eigenvalue weighted by Crippen LogP contribution is -1.98. The SMILES string of the molecule is CCn1sc(=N)nc1-c1cccc(-c2nc(=N)sn2CC)c1.Cl.Cl. The van der Waals surface area contributed by atoms with Crippen LogP contribution in [0.1, 0.15) is 13.8 Å². The first-order valence-electron chi connectivity index (χ1n) is 6.98. The molecule has 0 aliphatic carbocycles. The largest absolute Gasteiger partial charge is 0.279 e. The predicted molar refractivity (Wildman–Crippen MR) is 102 cm³/mol. The van der Waals surface area contributed by atoms with Crippen LogP contribution in [0.4, 0.5) is 0 Å². The lowest BCUT2D eigenvalue weighted by molar-refractivity contribution is 0.830. The van der Waals surface area contributed by atoms with E-state index in [1.165, 1.54) is 23.1 Å². The highest BCUT2D eigenvalue weighted by Gasteiger charge is 2.12. The van der Waals surface area contributed by atoms with E-state index >= 15 is 0 Å². The molecular formula is C14H18Cl2N6S2. The Morgan fingerprint density at radius 2 is 1.29 bits per heavy atom. The summed E-state index contributed by atoms with van der Waals surface area (Å²) in [5.74, 6) is 1.62. The second kappa shape index (κ2) is 8.57. The molecule has 3 rings (SSSR count). The standard InChI is InChI=1S/C14H16N6S2.2ClH/c1-3-19-11(17-13(15)21-19)9-6-5-7-10(8-9)12-18-14(16)22-20(12)4-2;;/h5-8,15-16H,3-4H2,1-2H3;2*1H. The summed E-state index contributed by atoms with van der Waals surface area (Å²) in [5.41, 5.74) is 1.94. The van der Waals surface area contributed by atoms with E-state index in [0.29, 0.717) is 9.60 Å². The minimum Gasteiger partial charge on any atom is -0.279 e. The number of benzene rings is 1. The third kappa shape index (κ3) is 3.94. The fraction of sp³-hybridized carbons (Fsp3) is 0.286. The minimum atomic E-state index is 0. The van der Waals surface area contributed by atoms with Crippen molar-refractivity contribution in [2.24, 2.45) is 0 Å². The molecule has 3 aromatic rings. The molecule has 0 aliphatic rings. The molecule has 0 unspecified atom stereocenters. The molecule has 2 N–H and O–H groups in total. The number of hydrogen-bond donors (Lipinski definition) is 2. The number of hydrogen-bond acceptors (Lipinski definition) is 6. The second-order valence-electron chi connectivity index (χ2n) is 4.63. The highest BCUT2D eigenvalue weighted by atomic mass is 35.5. The molecule has 2 heterocycles. The van der Waals surface area contributed by atoms with Crippen LogP contribution >= 0.6 is 47.9 Å². The molecule has 0 fully saturated rings. The third-order valence-corrected chi connectivity index (χ3v) is 5.07. The Hall–Kier alpha value is -1.48. The van der Waals surface area contributed by atoms with Gasteiger partial charge in [0.05, 0.1) is 0 Å². The van der Waals surface area contributed by atoms with Gasteiger partial charge in [-0.05, 0) is 43.0 Å². The normalized spacial score (nSPS) is 10.1. The fourth-order valence-corrected chi connectivity index (χ4v) is 3.68. The van der Waals surface area contributed by atoms with Crippen molar-refractivity contribution in [3.05, 3.63) is 33.9 Å². The van der Waals surface area contributed by atoms with Gasteiger partial charge in [0.1, 0.15) is 0 Å². The molecule has 0 bridgehead atoms. The van der Waals surface area contributed by atoms with E-state index in [1.54, 1.807) is 0 Å². The fourth-order valence-electron chi connectivity index (χ4n) is 2.28. The molecule has 2 aromatic heterocycles.